The second-order valence-electron chi connectivity index (χ2n) is 7.75. The van der Waals surface area contributed by atoms with Gasteiger partial charge in [-0.15, -0.1) is 13.2 Å². The van der Waals surface area contributed by atoms with Crippen LogP contribution in [0, 0.1) is 6.92 Å². The molecule has 3 rings (SSSR count). The van der Waals surface area contributed by atoms with Crippen molar-refractivity contribution < 1.29 is 27.4 Å². The Kier molecular flexibility index (Phi) is 6.94. The molecule has 1 unspecified atom stereocenters. The van der Waals surface area contributed by atoms with Crippen molar-refractivity contribution in [3.05, 3.63) is 47.5 Å². The van der Waals surface area contributed by atoms with Crippen molar-refractivity contribution in [1.29, 1.82) is 0 Å². The number of carbonyl (C=O) groups excluding carboxylic acids is 1. The summed E-state index contributed by atoms with van der Waals surface area (Å²) in [5.74, 6) is -0.394. The van der Waals surface area contributed by atoms with Crippen LogP contribution >= 0.6 is 0 Å². The summed E-state index contributed by atoms with van der Waals surface area (Å²) in [4.78, 5) is 14.9. The van der Waals surface area contributed by atoms with Gasteiger partial charge in [0.25, 0.3) is 5.91 Å². The van der Waals surface area contributed by atoms with Gasteiger partial charge in [0, 0.05) is 11.8 Å². The highest BCUT2D eigenvalue weighted by atomic mass is 19.4. The molecule has 0 saturated heterocycles. The number of fused-ring (bicyclic) bond motifs is 1. The van der Waals surface area contributed by atoms with Crippen molar-refractivity contribution >= 4 is 17.3 Å². The molecule has 2 aromatic rings. The first-order chi connectivity index (χ1) is 14.6. The summed E-state index contributed by atoms with van der Waals surface area (Å²) in [7, 11) is 4.03. The van der Waals surface area contributed by atoms with E-state index < -0.39 is 12.5 Å². The maximum absolute atomic E-state index is 12.8. The Morgan fingerprint density at radius 1 is 1.26 bits per heavy atom. The van der Waals surface area contributed by atoms with E-state index in [2.05, 4.69) is 26.3 Å². The Morgan fingerprint density at radius 3 is 2.74 bits per heavy atom. The van der Waals surface area contributed by atoms with E-state index in [1.807, 2.05) is 33.2 Å². The molecule has 1 atom stereocenters. The quantitative estimate of drug-likeness (QED) is 0.680. The molecule has 1 heterocycles. The summed E-state index contributed by atoms with van der Waals surface area (Å²) in [5, 5.41) is 5.87. The smallest absolute Gasteiger partial charge is 0.477 e. The van der Waals surface area contributed by atoms with E-state index in [1.165, 1.54) is 12.1 Å². The molecule has 31 heavy (non-hydrogen) atoms. The van der Waals surface area contributed by atoms with E-state index >= 15 is 0 Å². The Labute approximate surface area is 179 Å². The van der Waals surface area contributed by atoms with Crippen LogP contribution in [-0.4, -0.2) is 50.5 Å². The van der Waals surface area contributed by atoms with Gasteiger partial charge >= 0.3 is 6.36 Å². The number of nitrogens with one attached hydrogen (secondary N) is 2. The standard InChI is InChI=1S/C22H26F3N3O3/c1-14-6-8-17(15(11-14)5-4-10-28(2)3)27-21(29)20-13-26-18-12-16(31-22(23,24)25)7-9-19(18)30-20/h6-9,11-12,20,26H,4-5,10,13H2,1-3H3,(H,27,29). The minimum atomic E-state index is -4.77. The van der Waals surface area contributed by atoms with Gasteiger partial charge in [-0.1, -0.05) is 17.7 Å². The van der Waals surface area contributed by atoms with Gasteiger partial charge in [0.15, 0.2) is 6.10 Å². The van der Waals surface area contributed by atoms with E-state index in [4.69, 9.17) is 4.74 Å². The molecule has 6 nitrogen and oxygen atoms in total. The number of aryl methyl sites for hydroxylation is 2. The van der Waals surface area contributed by atoms with Crippen molar-refractivity contribution in [3.63, 3.8) is 0 Å². The Hall–Kier alpha value is -2.94. The molecule has 0 spiro atoms. The average Bonchev–Trinajstić information content (AvgIpc) is 2.68. The molecule has 0 bridgehead atoms. The molecule has 1 aliphatic rings. The molecule has 0 aliphatic carbocycles. The van der Waals surface area contributed by atoms with Crippen molar-refractivity contribution in [2.75, 3.05) is 37.8 Å². The number of benzene rings is 2. The maximum Gasteiger partial charge on any atom is 0.573 e. The minimum Gasteiger partial charge on any atom is -0.477 e. The van der Waals surface area contributed by atoms with E-state index in [0.717, 1.165) is 42.3 Å². The van der Waals surface area contributed by atoms with Crippen molar-refractivity contribution in [3.8, 4) is 11.5 Å². The number of nitrogens with zero attached hydrogens (tertiary/aromatic N) is 1. The molecule has 0 fully saturated rings. The van der Waals surface area contributed by atoms with Gasteiger partial charge in [-0.25, -0.2) is 0 Å². The van der Waals surface area contributed by atoms with Gasteiger partial charge in [-0.2, -0.15) is 0 Å². The van der Waals surface area contributed by atoms with E-state index in [0.29, 0.717) is 5.69 Å². The van der Waals surface area contributed by atoms with Gasteiger partial charge in [-0.05, 0) is 64.2 Å². The highest BCUT2D eigenvalue weighted by Gasteiger charge is 2.32. The number of anilines is 2. The zero-order chi connectivity index (χ0) is 22.6. The van der Waals surface area contributed by atoms with Gasteiger partial charge in [0.1, 0.15) is 11.5 Å². The Morgan fingerprint density at radius 2 is 2.03 bits per heavy atom. The SMILES string of the molecule is Cc1ccc(NC(=O)C2CNc3cc(OC(F)(F)F)ccc3O2)c(CCCN(C)C)c1. The fraction of sp³-hybridized carbons (Fsp3) is 0.409. The summed E-state index contributed by atoms with van der Waals surface area (Å²) in [6.45, 7) is 3.06. The normalized spacial score (nSPS) is 15.6. The summed E-state index contributed by atoms with van der Waals surface area (Å²) in [6, 6.07) is 9.56. The molecule has 2 N–H and O–H groups in total. The van der Waals surface area contributed by atoms with E-state index in [1.54, 1.807) is 0 Å². The number of amides is 1. The number of rotatable bonds is 7. The van der Waals surface area contributed by atoms with Crippen molar-refractivity contribution in [2.24, 2.45) is 0 Å². The van der Waals surface area contributed by atoms with Crippen molar-refractivity contribution in [1.82, 2.24) is 4.90 Å². The third kappa shape index (κ3) is 6.52. The summed E-state index contributed by atoms with van der Waals surface area (Å²) in [5.41, 5.74) is 3.23. The average molecular weight is 437 g/mol. The van der Waals surface area contributed by atoms with Crippen LogP contribution in [0.15, 0.2) is 36.4 Å². The second kappa shape index (κ2) is 9.47. The fourth-order valence-corrected chi connectivity index (χ4v) is 3.34. The molecule has 168 valence electrons. The largest absolute Gasteiger partial charge is 0.573 e. The number of hydrogen-bond donors (Lipinski definition) is 2. The Bertz CT molecular complexity index is 932. The first-order valence-corrected chi connectivity index (χ1v) is 9.96. The van der Waals surface area contributed by atoms with Crippen LogP contribution in [0.25, 0.3) is 0 Å². The van der Waals surface area contributed by atoms with Crippen LogP contribution < -0.4 is 20.1 Å². The second-order valence-corrected chi connectivity index (χ2v) is 7.75. The number of ether oxygens (including phenoxy) is 2. The van der Waals surface area contributed by atoms with Gasteiger partial charge in [0.05, 0.1) is 12.2 Å². The molecule has 2 aromatic carbocycles. The van der Waals surface area contributed by atoms with Crippen LogP contribution in [0.5, 0.6) is 11.5 Å². The topological polar surface area (TPSA) is 62.8 Å². The van der Waals surface area contributed by atoms with E-state index in [9.17, 15) is 18.0 Å². The van der Waals surface area contributed by atoms with Crippen LogP contribution in [-0.2, 0) is 11.2 Å². The zero-order valence-corrected chi connectivity index (χ0v) is 17.7. The minimum absolute atomic E-state index is 0.121. The number of carbonyl (C=O) groups is 1. The lowest BCUT2D eigenvalue weighted by Gasteiger charge is -2.27. The zero-order valence-electron chi connectivity index (χ0n) is 17.7. The molecule has 0 saturated carbocycles. The first kappa shape index (κ1) is 22.7. The van der Waals surface area contributed by atoms with Crippen LogP contribution in [0.3, 0.4) is 0 Å². The third-order valence-corrected chi connectivity index (χ3v) is 4.79. The fourth-order valence-electron chi connectivity index (χ4n) is 3.34. The lowest BCUT2D eigenvalue weighted by atomic mass is 10.0. The summed E-state index contributed by atoms with van der Waals surface area (Å²) in [6.07, 6.45) is -3.82. The van der Waals surface area contributed by atoms with Crippen LogP contribution in [0.4, 0.5) is 24.5 Å². The lowest BCUT2D eigenvalue weighted by Crippen LogP contribution is -2.41. The van der Waals surface area contributed by atoms with E-state index in [-0.39, 0.29) is 24.0 Å². The highest BCUT2D eigenvalue weighted by molar-refractivity contribution is 5.96. The third-order valence-electron chi connectivity index (χ3n) is 4.79. The number of alkyl halides is 3. The highest BCUT2D eigenvalue weighted by Crippen LogP contribution is 2.35. The predicted octanol–water partition coefficient (Wildman–Crippen LogP) is 4.20. The summed E-state index contributed by atoms with van der Waals surface area (Å²) >= 11 is 0. The van der Waals surface area contributed by atoms with Gasteiger partial charge in [-0.3, -0.25) is 4.79 Å². The molecule has 1 amide bonds. The first-order valence-electron chi connectivity index (χ1n) is 9.96. The number of hydrogen-bond acceptors (Lipinski definition) is 5. The summed E-state index contributed by atoms with van der Waals surface area (Å²) < 4.78 is 46.8. The lowest BCUT2D eigenvalue weighted by molar-refractivity contribution is -0.274. The Balaban J connectivity index is 1.66. The maximum atomic E-state index is 12.8. The molecule has 9 heteroatoms. The molecule has 1 aliphatic heterocycles. The van der Waals surface area contributed by atoms with Crippen LogP contribution in [0.2, 0.25) is 0 Å². The predicted molar refractivity (Wildman–Crippen MR) is 113 cm³/mol. The van der Waals surface area contributed by atoms with Gasteiger partial charge in [0.2, 0.25) is 0 Å². The van der Waals surface area contributed by atoms with Gasteiger partial charge < -0.3 is 25.0 Å². The monoisotopic (exact) mass is 437 g/mol. The van der Waals surface area contributed by atoms with Crippen molar-refractivity contribution in [2.45, 2.75) is 32.2 Å². The number of halogens is 3. The molecule has 0 radical (unpaired) electrons. The molecular formula is C22H26F3N3O3. The molecule has 0 aromatic heterocycles. The van der Waals surface area contributed by atoms with Crippen LogP contribution in [0.1, 0.15) is 17.5 Å². The molecular weight excluding hydrogens is 411 g/mol.